The molecule has 9 nitrogen and oxygen atoms in total. The third-order valence-corrected chi connectivity index (χ3v) is 5.87. The fourth-order valence-electron chi connectivity index (χ4n) is 3.16. The highest BCUT2D eigenvalue weighted by molar-refractivity contribution is 7.93. The van der Waals surface area contributed by atoms with E-state index in [1.165, 1.54) is 30.7 Å². The van der Waals surface area contributed by atoms with Crippen LogP contribution in [0.3, 0.4) is 0 Å². The summed E-state index contributed by atoms with van der Waals surface area (Å²) in [5.74, 6) is -7.64. The number of esters is 2. The van der Waals surface area contributed by atoms with Gasteiger partial charge >= 0.3 is 17.9 Å². The molecule has 0 saturated carbocycles. The summed E-state index contributed by atoms with van der Waals surface area (Å²) in [7, 11) is 1.96. The van der Waals surface area contributed by atoms with Crippen molar-refractivity contribution in [3.05, 3.63) is 46.9 Å². The van der Waals surface area contributed by atoms with E-state index in [-0.39, 0.29) is 17.3 Å². The number of halogens is 2. The van der Waals surface area contributed by atoms with Gasteiger partial charge in [-0.25, -0.2) is 9.59 Å². The van der Waals surface area contributed by atoms with Crippen molar-refractivity contribution in [1.82, 2.24) is 0 Å². The Labute approximate surface area is 222 Å². The molecule has 1 atom stereocenters. The van der Waals surface area contributed by atoms with E-state index in [0.717, 1.165) is 7.11 Å². The summed E-state index contributed by atoms with van der Waals surface area (Å²) in [6.45, 7) is 6.73. The maximum absolute atomic E-state index is 13.9. The van der Waals surface area contributed by atoms with Gasteiger partial charge in [-0.1, -0.05) is 6.07 Å². The average Bonchev–Trinajstić information content (AvgIpc) is 2.88. The van der Waals surface area contributed by atoms with Crippen LogP contribution in [0.25, 0.3) is 6.08 Å². The van der Waals surface area contributed by atoms with Crippen molar-refractivity contribution in [2.45, 2.75) is 32.4 Å². The molecule has 1 unspecified atom stereocenters. The number of methoxy groups -OCH3 is 2. The lowest BCUT2D eigenvalue weighted by Crippen LogP contribution is -2.41. The van der Waals surface area contributed by atoms with Crippen molar-refractivity contribution < 1.29 is 51.3 Å². The molecule has 0 amide bonds. The first-order valence-corrected chi connectivity index (χ1v) is 13.0. The van der Waals surface area contributed by atoms with E-state index < -0.39 is 29.0 Å². The van der Waals surface area contributed by atoms with E-state index in [1.807, 2.05) is 20.8 Å². The largest absolute Gasteiger partial charge is 0.612 e. The second kappa shape index (κ2) is 14.4. The summed E-state index contributed by atoms with van der Waals surface area (Å²) >= 11 is -1.59. The monoisotopic (exact) mass is 556 g/mol. The highest BCUT2D eigenvalue weighted by atomic mass is 32.2. The van der Waals surface area contributed by atoms with Gasteiger partial charge in [0, 0.05) is 23.8 Å². The molecule has 0 saturated heterocycles. The van der Waals surface area contributed by atoms with Crippen molar-refractivity contribution in [2.24, 2.45) is 0 Å². The topological polar surface area (TPSA) is 113 Å². The fraction of sp³-hybridized carbons (Fsp3) is 0.385. The number of ether oxygens (including phenoxy) is 6. The quantitative estimate of drug-likeness (QED) is 0.143. The summed E-state index contributed by atoms with van der Waals surface area (Å²) in [4.78, 5) is 23.1. The zero-order valence-electron chi connectivity index (χ0n) is 21.7. The summed E-state index contributed by atoms with van der Waals surface area (Å²) < 4.78 is 71.3. The third kappa shape index (κ3) is 7.99. The molecule has 0 aliphatic heterocycles. The number of benzene rings is 2. The van der Waals surface area contributed by atoms with Gasteiger partial charge < -0.3 is 33.0 Å². The van der Waals surface area contributed by atoms with Crippen LogP contribution in [0.2, 0.25) is 0 Å². The summed E-state index contributed by atoms with van der Waals surface area (Å²) in [5, 5.41) is 1.43. The van der Waals surface area contributed by atoms with Crippen LogP contribution in [-0.2, 0) is 31.3 Å². The van der Waals surface area contributed by atoms with Gasteiger partial charge in [0.25, 0.3) is 0 Å². The second-order valence-corrected chi connectivity index (χ2v) is 8.72. The number of alkyl halides is 2. The lowest BCUT2D eigenvalue weighted by molar-refractivity contribution is -0.183. The van der Waals surface area contributed by atoms with Gasteiger partial charge in [-0.05, 0) is 44.1 Å². The average molecular weight is 557 g/mol. The molecule has 0 N–H and O–H groups in total. The molecule has 0 bridgehead atoms. The van der Waals surface area contributed by atoms with Gasteiger partial charge in [-0.3, -0.25) is 0 Å². The first-order valence-electron chi connectivity index (χ1n) is 11.6. The maximum Gasteiger partial charge on any atom is 0.437 e. The number of carbonyl (C=O) groups excluding carboxylic acids is 2. The molecular formula is C26H30F2O9S. The Morgan fingerprint density at radius 2 is 1.50 bits per heavy atom. The Kier molecular flexibility index (Phi) is 11.7. The minimum atomic E-state index is -4.52. The van der Waals surface area contributed by atoms with Gasteiger partial charge in [-0.15, -0.1) is 0 Å². The van der Waals surface area contributed by atoms with Gasteiger partial charge in [0.15, 0.2) is 11.5 Å². The van der Waals surface area contributed by atoms with Crippen molar-refractivity contribution in [3.63, 3.8) is 0 Å². The highest BCUT2D eigenvalue weighted by Gasteiger charge is 2.51. The molecule has 2 aromatic rings. The summed E-state index contributed by atoms with van der Waals surface area (Å²) in [5.41, 5.74) is 0.958. The Hall–Kier alpha value is -3.51. The van der Waals surface area contributed by atoms with E-state index in [1.54, 1.807) is 18.2 Å². The molecule has 0 fully saturated rings. The molecule has 2 aromatic carbocycles. The second-order valence-electron chi connectivity index (χ2n) is 7.40. The normalized spacial score (nSPS) is 12.1. The highest BCUT2D eigenvalue weighted by Crippen LogP contribution is 2.36. The molecule has 0 aliphatic rings. The minimum Gasteiger partial charge on any atom is -0.612 e. The SMILES string of the molecule is CCOc1cc(OCC)c(C=C[S+]([O-])Cc2ccc(OC)c(OC(=O)C(F)(F)C(=O)OC)c2)c(OCC)c1. The molecule has 38 heavy (non-hydrogen) atoms. The van der Waals surface area contributed by atoms with Crippen molar-refractivity contribution in [1.29, 1.82) is 0 Å². The van der Waals surface area contributed by atoms with Gasteiger partial charge in [-0.2, -0.15) is 8.78 Å². The van der Waals surface area contributed by atoms with E-state index in [9.17, 15) is 22.9 Å². The lowest BCUT2D eigenvalue weighted by atomic mass is 10.1. The number of rotatable bonds is 14. The standard InChI is InChI=1S/C26H30F2O9S/c1-6-34-18-14-21(35-7-2)19(22(15-18)36-8-3)11-12-38(31)16-17-9-10-20(32-4)23(13-17)37-25(30)26(27,28)24(29)33-5/h9-15H,6-8,16H2,1-5H3. The number of hydrogen-bond donors (Lipinski definition) is 0. The Morgan fingerprint density at radius 3 is 2.03 bits per heavy atom. The van der Waals surface area contributed by atoms with Crippen LogP contribution < -0.4 is 23.7 Å². The van der Waals surface area contributed by atoms with Gasteiger partial charge in [0.2, 0.25) is 0 Å². The molecule has 2 rings (SSSR count). The predicted octanol–water partition coefficient (Wildman–Crippen LogP) is 4.52. The molecule has 208 valence electrons. The van der Waals surface area contributed by atoms with Crippen molar-refractivity contribution >= 4 is 29.2 Å². The smallest absolute Gasteiger partial charge is 0.437 e. The number of carbonyl (C=O) groups is 2. The van der Waals surface area contributed by atoms with Crippen molar-refractivity contribution in [3.8, 4) is 28.7 Å². The van der Waals surface area contributed by atoms with E-state index in [2.05, 4.69) is 4.74 Å². The molecule has 0 aliphatic carbocycles. The van der Waals surface area contributed by atoms with Crippen LogP contribution in [0.1, 0.15) is 31.9 Å². The number of hydrogen-bond acceptors (Lipinski definition) is 9. The van der Waals surface area contributed by atoms with E-state index in [0.29, 0.717) is 48.2 Å². The maximum atomic E-state index is 13.9. The molecule has 0 heterocycles. The van der Waals surface area contributed by atoms with Crippen LogP contribution in [0.4, 0.5) is 8.78 Å². The fourth-order valence-corrected chi connectivity index (χ4v) is 4.06. The Morgan fingerprint density at radius 1 is 0.895 bits per heavy atom. The minimum absolute atomic E-state index is 0.0406. The zero-order chi connectivity index (χ0) is 28.3. The molecule has 0 spiro atoms. The third-order valence-electron chi connectivity index (χ3n) is 4.81. The first-order chi connectivity index (χ1) is 18.1. The summed E-state index contributed by atoms with van der Waals surface area (Å²) in [6, 6.07) is 7.55. The molecular weight excluding hydrogens is 526 g/mol. The van der Waals surface area contributed by atoms with Crippen molar-refractivity contribution in [2.75, 3.05) is 34.0 Å². The molecule has 0 radical (unpaired) electrons. The van der Waals surface area contributed by atoms with Crippen LogP contribution in [0, 0.1) is 0 Å². The first kappa shape index (κ1) is 30.7. The van der Waals surface area contributed by atoms with Crippen LogP contribution >= 0.6 is 0 Å². The van der Waals surface area contributed by atoms with Crippen LogP contribution in [0.5, 0.6) is 28.7 Å². The van der Waals surface area contributed by atoms with Gasteiger partial charge in [0.1, 0.15) is 28.4 Å². The van der Waals surface area contributed by atoms with E-state index >= 15 is 0 Å². The van der Waals surface area contributed by atoms with Crippen LogP contribution in [0.15, 0.2) is 35.7 Å². The zero-order valence-corrected chi connectivity index (χ0v) is 22.5. The summed E-state index contributed by atoms with van der Waals surface area (Å²) in [6.07, 6.45) is 1.60. The van der Waals surface area contributed by atoms with Gasteiger partial charge in [0.05, 0.1) is 39.6 Å². The Bertz CT molecular complexity index is 1110. The Balaban J connectivity index is 2.29. The molecule has 12 heteroatoms. The predicted molar refractivity (Wildman–Crippen MR) is 136 cm³/mol. The van der Waals surface area contributed by atoms with E-state index in [4.69, 9.17) is 23.7 Å². The lowest BCUT2D eigenvalue weighted by Gasteiger charge is -2.16. The van der Waals surface area contributed by atoms with Crippen LogP contribution in [-0.4, -0.2) is 56.5 Å². The molecule has 0 aromatic heterocycles.